The Bertz CT molecular complexity index is 851. The number of aromatic nitrogens is 2. The highest BCUT2D eigenvalue weighted by Gasteiger charge is 2.22. The van der Waals surface area contributed by atoms with Gasteiger partial charge in [-0.05, 0) is 30.7 Å². The average Bonchev–Trinajstić information content (AvgIpc) is 2.47. The molecule has 0 radical (unpaired) electrons. The van der Waals surface area contributed by atoms with Crippen LogP contribution in [-0.4, -0.2) is 22.6 Å². The highest BCUT2D eigenvalue weighted by atomic mass is 16.1. The molecule has 104 valence electrons. The summed E-state index contributed by atoms with van der Waals surface area (Å²) in [5, 5.41) is 0.658. The van der Waals surface area contributed by atoms with E-state index in [-0.39, 0.29) is 5.56 Å². The second-order valence-corrected chi connectivity index (χ2v) is 5.25. The minimum Gasteiger partial charge on any atom is -0.342 e. The van der Waals surface area contributed by atoms with Gasteiger partial charge in [0.2, 0.25) is 5.95 Å². The Morgan fingerprint density at radius 1 is 0.905 bits per heavy atom. The van der Waals surface area contributed by atoms with E-state index in [1.165, 1.54) is 0 Å². The van der Waals surface area contributed by atoms with E-state index >= 15 is 0 Å². The molecule has 0 amide bonds. The molecule has 4 nitrogen and oxygen atoms in total. The molecule has 21 heavy (non-hydrogen) atoms. The number of hydrogen-bond acceptors (Lipinski definition) is 3. The predicted molar refractivity (Wildman–Crippen MR) is 84.2 cm³/mol. The smallest absolute Gasteiger partial charge is 0.267 e. The van der Waals surface area contributed by atoms with Crippen molar-refractivity contribution < 1.29 is 0 Å². The highest BCUT2D eigenvalue weighted by Crippen LogP contribution is 2.22. The molecule has 1 aromatic heterocycles. The quantitative estimate of drug-likeness (QED) is 0.722. The Morgan fingerprint density at radius 3 is 2.33 bits per heavy atom. The molecule has 1 saturated heterocycles. The first-order valence-corrected chi connectivity index (χ1v) is 7.17. The first kappa shape index (κ1) is 12.1. The molecule has 1 aliphatic rings. The number of fused-ring (bicyclic) bond motifs is 1. The van der Waals surface area contributed by atoms with Gasteiger partial charge in [-0.25, -0.2) is 9.55 Å². The van der Waals surface area contributed by atoms with E-state index < -0.39 is 0 Å². The largest absolute Gasteiger partial charge is 0.342 e. The normalized spacial score (nSPS) is 14.2. The fourth-order valence-electron chi connectivity index (χ4n) is 2.66. The number of para-hydroxylation sites is 2. The summed E-state index contributed by atoms with van der Waals surface area (Å²) in [5.41, 5.74) is 1.62. The second kappa shape index (κ2) is 4.74. The van der Waals surface area contributed by atoms with Gasteiger partial charge in [-0.15, -0.1) is 0 Å². The van der Waals surface area contributed by atoms with E-state index in [0.717, 1.165) is 36.7 Å². The van der Waals surface area contributed by atoms with Crippen molar-refractivity contribution in [2.75, 3.05) is 18.0 Å². The molecule has 0 aliphatic carbocycles. The summed E-state index contributed by atoms with van der Waals surface area (Å²) in [6.07, 6.45) is 1.15. The molecule has 2 heterocycles. The van der Waals surface area contributed by atoms with Gasteiger partial charge in [0, 0.05) is 13.1 Å². The third kappa shape index (κ3) is 1.91. The van der Waals surface area contributed by atoms with Gasteiger partial charge in [-0.1, -0.05) is 30.3 Å². The van der Waals surface area contributed by atoms with Gasteiger partial charge in [0.1, 0.15) is 0 Å². The Labute approximate surface area is 122 Å². The molecule has 0 saturated carbocycles. The van der Waals surface area contributed by atoms with Crippen LogP contribution in [-0.2, 0) is 0 Å². The topological polar surface area (TPSA) is 38.1 Å². The zero-order valence-electron chi connectivity index (χ0n) is 11.6. The Kier molecular flexibility index (Phi) is 2.74. The summed E-state index contributed by atoms with van der Waals surface area (Å²) in [6.45, 7) is 1.91. The third-order valence-electron chi connectivity index (χ3n) is 3.91. The van der Waals surface area contributed by atoms with Crippen LogP contribution in [0.25, 0.3) is 16.6 Å². The van der Waals surface area contributed by atoms with Gasteiger partial charge in [0.15, 0.2) is 0 Å². The van der Waals surface area contributed by atoms with Crippen LogP contribution in [0, 0.1) is 0 Å². The van der Waals surface area contributed by atoms with E-state index in [4.69, 9.17) is 4.98 Å². The molecular formula is C17H15N3O. The van der Waals surface area contributed by atoms with Crippen LogP contribution in [0.4, 0.5) is 5.95 Å². The zero-order chi connectivity index (χ0) is 14.2. The van der Waals surface area contributed by atoms with Crippen molar-refractivity contribution in [2.45, 2.75) is 6.42 Å². The van der Waals surface area contributed by atoms with Crippen LogP contribution in [0.2, 0.25) is 0 Å². The number of benzene rings is 2. The lowest BCUT2D eigenvalue weighted by Crippen LogP contribution is -2.41. The average molecular weight is 277 g/mol. The number of rotatable bonds is 2. The number of hydrogen-bond donors (Lipinski definition) is 0. The molecule has 4 heteroatoms. The van der Waals surface area contributed by atoms with Gasteiger partial charge >= 0.3 is 0 Å². The summed E-state index contributed by atoms with van der Waals surface area (Å²) in [7, 11) is 0. The second-order valence-electron chi connectivity index (χ2n) is 5.25. The van der Waals surface area contributed by atoms with Crippen LogP contribution in [0.15, 0.2) is 59.4 Å². The van der Waals surface area contributed by atoms with Gasteiger partial charge in [-0.2, -0.15) is 0 Å². The fourth-order valence-corrected chi connectivity index (χ4v) is 2.66. The maximum Gasteiger partial charge on any atom is 0.267 e. The van der Waals surface area contributed by atoms with Gasteiger partial charge in [-0.3, -0.25) is 4.79 Å². The number of nitrogens with zero attached hydrogens (tertiary/aromatic N) is 3. The molecule has 2 aromatic carbocycles. The maximum absolute atomic E-state index is 12.9. The minimum atomic E-state index is -0.00583. The van der Waals surface area contributed by atoms with Crippen molar-refractivity contribution in [3.8, 4) is 5.69 Å². The lowest BCUT2D eigenvalue weighted by atomic mass is 10.2. The van der Waals surface area contributed by atoms with Gasteiger partial charge < -0.3 is 4.90 Å². The molecule has 0 unspecified atom stereocenters. The van der Waals surface area contributed by atoms with Crippen LogP contribution in [0.1, 0.15) is 6.42 Å². The van der Waals surface area contributed by atoms with Crippen molar-refractivity contribution >= 4 is 16.9 Å². The van der Waals surface area contributed by atoms with E-state index in [1.54, 1.807) is 4.57 Å². The molecule has 0 bridgehead atoms. The van der Waals surface area contributed by atoms with E-state index in [0.29, 0.717) is 5.39 Å². The summed E-state index contributed by atoms with van der Waals surface area (Å²) >= 11 is 0. The summed E-state index contributed by atoms with van der Waals surface area (Å²) in [5.74, 6) is 0.746. The van der Waals surface area contributed by atoms with Gasteiger partial charge in [0.25, 0.3) is 5.56 Å². The molecule has 0 spiro atoms. The molecule has 0 N–H and O–H groups in total. The third-order valence-corrected chi connectivity index (χ3v) is 3.91. The minimum absolute atomic E-state index is 0.00583. The van der Waals surface area contributed by atoms with Crippen LogP contribution < -0.4 is 10.5 Å². The predicted octanol–water partition coefficient (Wildman–Crippen LogP) is 2.60. The first-order chi connectivity index (χ1) is 10.3. The molecule has 3 aromatic rings. The Morgan fingerprint density at radius 2 is 1.62 bits per heavy atom. The molecular weight excluding hydrogens is 262 g/mol. The lowest BCUT2D eigenvalue weighted by Gasteiger charge is -2.33. The van der Waals surface area contributed by atoms with Crippen LogP contribution in [0.5, 0.6) is 0 Å². The van der Waals surface area contributed by atoms with Crippen molar-refractivity contribution in [2.24, 2.45) is 0 Å². The van der Waals surface area contributed by atoms with Crippen molar-refractivity contribution in [3.05, 3.63) is 65.0 Å². The Hall–Kier alpha value is -2.62. The monoisotopic (exact) mass is 277 g/mol. The molecule has 4 rings (SSSR count). The van der Waals surface area contributed by atoms with E-state index in [2.05, 4.69) is 4.90 Å². The summed E-state index contributed by atoms with van der Waals surface area (Å²) < 4.78 is 1.72. The van der Waals surface area contributed by atoms with E-state index in [1.807, 2.05) is 54.6 Å². The lowest BCUT2D eigenvalue weighted by molar-refractivity contribution is 0.591. The molecule has 1 aliphatic heterocycles. The van der Waals surface area contributed by atoms with E-state index in [9.17, 15) is 4.79 Å². The molecule has 1 fully saturated rings. The van der Waals surface area contributed by atoms with Crippen LogP contribution in [0.3, 0.4) is 0 Å². The fraction of sp³-hybridized carbons (Fsp3) is 0.176. The summed E-state index contributed by atoms with van der Waals surface area (Å²) in [4.78, 5) is 19.8. The maximum atomic E-state index is 12.9. The Balaban J connectivity index is 2.06. The van der Waals surface area contributed by atoms with Gasteiger partial charge in [0.05, 0.1) is 16.6 Å². The van der Waals surface area contributed by atoms with Crippen molar-refractivity contribution in [3.63, 3.8) is 0 Å². The first-order valence-electron chi connectivity index (χ1n) is 7.17. The van der Waals surface area contributed by atoms with Crippen molar-refractivity contribution in [1.29, 1.82) is 0 Å². The SMILES string of the molecule is O=c1c2ccccc2nc(N2CCC2)n1-c1ccccc1. The van der Waals surface area contributed by atoms with Crippen LogP contribution >= 0.6 is 0 Å². The highest BCUT2D eigenvalue weighted by molar-refractivity contribution is 5.79. The zero-order valence-corrected chi connectivity index (χ0v) is 11.6. The number of anilines is 1. The summed E-state index contributed by atoms with van der Waals surface area (Å²) in [6, 6.07) is 17.3. The van der Waals surface area contributed by atoms with Crippen molar-refractivity contribution in [1.82, 2.24) is 9.55 Å². The standard InChI is InChI=1S/C17H15N3O/c21-16-14-9-4-5-10-15(14)18-17(19-11-6-12-19)20(16)13-7-2-1-3-8-13/h1-5,7-10H,6,11-12H2. The molecule has 0 atom stereocenters.